The molecule has 0 unspecified atom stereocenters. The SMILES string of the molecule is O=C(N[C@H]1CCCC[C@@H]1O)C1=CN(Cc2ccc(F)cc2)c2ccccc2S1. The zero-order valence-corrected chi connectivity index (χ0v) is 16.3. The minimum absolute atomic E-state index is 0.158. The number of thioether (sulfide) groups is 1. The second kappa shape index (κ2) is 8.37. The number of hydrogen-bond acceptors (Lipinski definition) is 4. The third-order valence-electron chi connectivity index (χ3n) is 5.20. The van der Waals surface area contributed by atoms with Crippen LogP contribution in [-0.4, -0.2) is 23.2 Å². The Morgan fingerprint density at radius 1 is 1.14 bits per heavy atom. The Hall–Kier alpha value is -2.31. The molecule has 0 saturated heterocycles. The van der Waals surface area contributed by atoms with Crippen LogP contribution in [0, 0.1) is 5.82 Å². The zero-order valence-electron chi connectivity index (χ0n) is 15.5. The van der Waals surface area contributed by atoms with Gasteiger partial charge in [0, 0.05) is 17.6 Å². The van der Waals surface area contributed by atoms with Crippen LogP contribution in [0.25, 0.3) is 0 Å². The summed E-state index contributed by atoms with van der Waals surface area (Å²) in [5.41, 5.74) is 1.98. The van der Waals surface area contributed by atoms with Gasteiger partial charge in [-0.05, 0) is 42.7 Å². The van der Waals surface area contributed by atoms with Crippen LogP contribution < -0.4 is 10.2 Å². The fraction of sp³-hybridized carbons (Fsp3) is 0.318. The summed E-state index contributed by atoms with van der Waals surface area (Å²) in [4.78, 5) is 16.5. The first-order valence-electron chi connectivity index (χ1n) is 9.59. The van der Waals surface area contributed by atoms with Crippen LogP contribution in [0.3, 0.4) is 0 Å². The van der Waals surface area contributed by atoms with Crippen LogP contribution in [-0.2, 0) is 11.3 Å². The van der Waals surface area contributed by atoms with Crippen molar-refractivity contribution < 1.29 is 14.3 Å². The number of aliphatic hydroxyl groups is 1. The van der Waals surface area contributed by atoms with Crippen molar-refractivity contribution in [3.63, 3.8) is 0 Å². The number of nitrogens with zero attached hydrogens (tertiary/aromatic N) is 1. The lowest BCUT2D eigenvalue weighted by Gasteiger charge is -2.31. The van der Waals surface area contributed by atoms with Crippen molar-refractivity contribution in [2.24, 2.45) is 0 Å². The standard InChI is InChI=1S/C22H23FN2O2S/c23-16-11-9-15(10-12-16)13-25-14-21(28-20-8-4-2-6-18(20)25)22(27)24-17-5-1-3-7-19(17)26/h2,4,6,8-12,14,17,19,26H,1,3,5,7,13H2,(H,24,27)/t17-,19-/m0/s1. The van der Waals surface area contributed by atoms with Crippen LogP contribution in [0.5, 0.6) is 0 Å². The Labute approximate surface area is 168 Å². The van der Waals surface area contributed by atoms with Gasteiger partial charge >= 0.3 is 0 Å². The van der Waals surface area contributed by atoms with Gasteiger partial charge in [-0.3, -0.25) is 4.79 Å². The summed E-state index contributed by atoms with van der Waals surface area (Å²) in [6.45, 7) is 0.542. The van der Waals surface area contributed by atoms with E-state index in [1.165, 1.54) is 23.9 Å². The summed E-state index contributed by atoms with van der Waals surface area (Å²) in [7, 11) is 0. The number of carbonyl (C=O) groups excluding carboxylic acids is 1. The van der Waals surface area contributed by atoms with E-state index in [1.807, 2.05) is 35.4 Å². The van der Waals surface area contributed by atoms with Crippen LogP contribution in [0.15, 0.2) is 64.5 Å². The number of hydrogen-bond donors (Lipinski definition) is 2. The van der Waals surface area contributed by atoms with Crippen LogP contribution in [0.4, 0.5) is 10.1 Å². The Balaban J connectivity index is 1.56. The molecule has 146 valence electrons. The number of para-hydroxylation sites is 1. The minimum Gasteiger partial charge on any atom is -0.391 e. The van der Waals surface area contributed by atoms with Gasteiger partial charge in [0.25, 0.3) is 5.91 Å². The average Bonchev–Trinajstić information content (AvgIpc) is 2.71. The largest absolute Gasteiger partial charge is 0.391 e. The number of amides is 1. The number of rotatable bonds is 4. The predicted octanol–water partition coefficient (Wildman–Crippen LogP) is 4.20. The van der Waals surface area contributed by atoms with E-state index in [9.17, 15) is 14.3 Å². The highest BCUT2D eigenvalue weighted by Crippen LogP contribution is 2.40. The van der Waals surface area contributed by atoms with E-state index in [0.29, 0.717) is 11.4 Å². The van der Waals surface area contributed by atoms with E-state index in [-0.39, 0.29) is 17.8 Å². The molecule has 1 fully saturated rings. The summed E-state index contributed by atoms with van der Waals surface area (Å²) in [6.07, 6.45) is 4.94. The van der Waals surface area contributed by atoms with Crippen molar-refractivity contribution in [2.45, 2.75) is 49.3 Å². The minimum atomic E-state index is -0.477. The Morgan fingerprint density at radius 3 is 2.68 bits per heavy atom. The summed E-state index contributed by atoms with van der Waals surface area (Å²) >= 11 is 1.44. The third kappa shape index (κ3) is 4.23. The number of benzene rings is 2. The molecule has 4 nitrogen and oxygen atoms in total. The van der Waals surface area contributed by atoms with Crippen molar-refractivity contribution in [3.05, 3.63) is 71.0 Å². The maximum atomic E-state index is 13.2. The molecule has 2 N–H and O–H groups in total. The summed E-state index contributed by atoms with van der Waals surface area (Å²) < 4.78 is 13.2. The molecule has 1 aliphatic carbocycles. The highest BCUT2D eigenvalue weighted by Gasteiger charge is 2.28. The predicted molar refractivity (Wildman–Crippen MR) is 109 cm³/mol. The molecule has 2 atom stereocenters. The fourth-order valence-corrected chi connectivity index (χ4v) is 4.68. The van der Waals surface area contributed by atoms with E-state index in [1.54, 1.807) is 12.1 Å². The molecular weight excluding hydrogens is 375 g/mol. The summed E-state index contributed by atoms with van der Waals surface area (Å²) in [5, 5.41) is 13.2. The lowest BCUT2D eigenvalue weighted by molar-refractivity contribution is -0.118. The first kappa shape index (κ1) is 19.0. The van der Waals surface area contributed by atoms with E-state index in [2.05, 4.69) is 5.32 Å². The van der Waals surface area contributed by atoms with Crippen molar-refractivity contribution >= 4 is 23.4 Å². The molecule has 0 radical (unpaired) electrons. The van der Waals surface area contributed by atoms with Gasteiger partial charge in [-0.15, -0.1) is 0 Å². The maximum absolute atomic E-state index is 13.2. The van der Waals surface area contributed by atoms with Gasteiger partial charge in [-0.1, -0.05) is 48.9 Å². The number of carbonyl (C=O) groups is 1. The third-order valence-corrected chi connectivity index (χ3v) is 6.28. The molecule has 0 bridgehead atoms. The Bertz CT molecular complexity index is 884. The van der Waals surface area contributed by atoms with Crippen molar-refractivity contribution in [1.82, 2.24) is 5.32 Å². The van der Waals surface area contributed by atoms with Gasteiger partial charge in [0.05, 0.1) is 22.7 Å². The molecule has 1 heterocycles. The molecule has 28 heavy (non-hydrogen) atoms. The topological polar surface area (TPSA) is 52.6 Å². The van der Waals surface area contributed by atoms with E-state index in [0.717, 1.165) is 41.8 Å². The summed E-state index contributed by atoms with van der Waals surface area (Å²) in [6, 6.07) is 14.1. The van der Waals surface area contributed by atoms with Crippen LogP contribution in [0.1, 0.15) is 31.2 Å². The van der Waals surface area contributed by atoms with Crippen LogP contribution >= 0.6 is 11.8 Å². The normalized spacial score (nSPS) is 21.6. The highest BCUT2D eigenvalue weighted by atomic mass is 32.2. The molecule has 0 spiro atoms. The summed E-state index contributed by atoms with van der Waals surface area (Å²) in [5.74, 6) is -0.422. The number of halogens is 1. The first-order chi connectivity index (χ1) is 13.6. The fourth-order valence-electron chi connectivity index (χ4n) is 3.68. The molecule has 2 aromatic rings. The van der Waals surface area contributed by atoms with Gasteiger partial charge < -0.3 is 15.3 Å². The second-order valence-electron chi connectivity index (χ2n) is 7.25. The first-order valence-corrected chi connectivity index (χ1v) is 10.4. The van der Waals surface area contributed by atoms with E-state index < -0.39 is 6.10 Å². The average molecular weight is 399 g/mol. The van der Waals surface area contributed by atoms with Crippen molar-refractivity contribution in [2.75, 3.05) is 4.90 Å². The number of aliphatic hydroxyl groups excluding tert-OH is 1. The molecule has 1 aliphatic heterocycles. The van der Waals surface area contributed by atoms with Gasteiger partial charge in [0.15, 0.2) is 0 Å². The quantitative estimate of drug-likeness (QED) is 0.811. The molecular formula is C22H23FN2O2S. The van der Waals surface area contributed by atoms with E-state index >= 15 is 0 Å². The van der Waals surface area contributed by atoms with Crippen molar-refractivity contribution in [1.29, 1.82) is 0 Å². The molecule has 2 aliphatic rings. The van der Waals surface area contributed by atoms with Crippen LogP contribution in [0.2, 0.25) is 0 Å². The van der Waals surface area contributed by atoms with E-state index in [4.69, 9.17) is 0 Å². The van der Waals surface area contributed by atoms with Gasteiger partial charge in [0.1, 0.15) is 5.82 Å². The lowest BCUT2D eigenvalue weighted by Crippen LogP contribution is -2.45. The molecule has 1 amide bonds. The number of anilines is 1. The monoisotopic (exact) mass is 398 g/mol. The molecule has 1 saturated carbocycles. The lowest BCUT2D eigenvalue weighted by atomic mass is 9.92. The molecule has 6 heteroatoms. The Morgan fingerprint density at radius 2 is 1.89 bits per heavy atom. The molecule has 4 rings (SSSR count). The smallest absolute Gasteiger partial charge is 0.259 e. The van der Waals surface area contributed by atoms with Crippen molar-refractivity contribution in [3.8, 4) is 0 Å². The number of nitrogens with one attached hydrogen (secondary N) is 1. The maximum Gasteiger partial charge on any atom is 0.259 e. The Kier molecular flexibility index (Phi) is 5.69. The second-order valence-corrected chi connectivity index (χ2v) is 8.33. The van der Waals surface area contributed by atoms with Gasteiger partial charge in [0.2, 0.25) is 0 Å². The van der Waals surface area contributed by atoms with Gasteiger partial charge in [-0.25, -0.2) is 4.39 Å². The number of fused-ring (bicyclic) bond motifs is 1. The molecule has 2 aromatic carbocycles. The van der Waals surface area contributed by atoms with Gasteiger partial charge in [-0.2, -0.15) is 0 Å². The molecule has 0 aromatic heterocycles. The zero-order chi connectivity index (χ0) is 19.5. The highest BCUT2D eigenvalue weighted by molar-refractivity contribution is 8.04.